The third kappa shape index (κ3) is 3.51. The molecule has 0 fully saturated rings. The molecule has 2 amide bonds. The third-order valence-electron chi connectivity index (χ3n) is 2.19. The van der Waals surface area contributed by atoms with Crippen LogP contribution >= 0.6 is 35.1 Å². The number of nitrogens with zero attached hydrogens (tertiary/aromatic N) is 1. The van der Waals surface area contributed by atoms with Crippen LogP contribution in [0.2, 0.25) is 0 Å². The van der Waals surface area contributed by atoms with Gasteiger partial charge in [0.1, 0.15) is 5.16 Å². The van der Waals surface area contributed by atoms with Crippen LogP contribution < -0.4 is 11.2 Å². The van der Waals surface area contributed by atoms with E-state index in [0.29, 0.717) is 11.0 Å². The Hall–Kier alpha value is -0.980. The largest absolute Gasteiger partial charge is 0.350 e. The monoisotopic (exact) mass is 301 g/mol. The van der Waals surface area contributed by atoms with Crippen molar-refractivity contribution in [2.45, 2.75) is 5.75 Å². The number of hydrogen-bond donors (Lipinski definition) is 2. The van der Waals surface area contributed by atoms with E-state index in [1.165, 1.54) is 5.56 Å². The molecule has 1 aromatic rings. The van der Waals surface area contributed by atoms with Crippen molar-refractivity contribution < 1.29 is 4.79 Å². The zero-order chi connectivity index (χ0) is 13.0. The number of rotatable bonds is 4. The number of thioether (sulfide) groups is 2. The average Bonchev–Trinajstić information content (AvgIpc) is 2.69. The second-order valence-electron chi connectivity index (χ2n) is 3.53. The Labute approximate surface area is 119 Å². The molecule has 0 radical (unpaired) electrons. The van der Waals surface area contributed by atoms with E-state index < -0.39 is 6.03 Å². The van der Waals surface area contributed by atoms with Crippen LogP contribution in [0.15, 0.2) is 39.7 Å². The van der Waals surface area contributed by atoms with Crippen LogP contribution in [0.4, 0.5) is 4.79 Å². The molecule has 3 N–H and O–H groups in total. The van der Waals surface area contributed by atoms with E-state index in [-0.39, 0.29) is 0 Å². The second kappa shape index (κ2) is 6.26. The fraction of sp³-hybridized carbons (Fsp3) is 0.182. The maximum Gasteiger partial charge on any atom is 0.331 e. The highest BCUT2D eigenvalue weighted by Crippen LogP contribution is 2.41. The fourth-order valence-electron chi connectivity index (χ4n) is 1.39. The van der Waals surface area contributed by atoms with Crippen LogP contribution in [0.3, 0.4) is 0 Å². The Morgan fingerprint density at radius 1 is 1.50 bits per heavy atom. The summed E-state index contributed by atoms with van der Waals surface area (Å²) < 4.78 is 0.995. The molecule has 0 aromatic heterocycles. The normalized spacial score (nSPS) is 15.1. The van der Waals surface area contributed by atoms with Gasteiger partial charge in [-0.3, -0.25) is 5.01 Å². The summed E-state index contributed by atoms with van der Waals surface area (Å²) in [4.78, 5) is 10.8. The number of primary amides is 1. The lowest BCUT2D eigenvalue weighted by Crippen LogP contribution is -2.41. The first kappa shape index (κ1) is 13.5. The Kier molecular flexibility index (Phi) is 4.68. The number of hydrazine groups is 1. The van der Waals surface area contributed by atoms with Crippen molar-refractivity contribution in [1.82, 2.24) is 10.4 Å². The van der Waals surface area contributed by atoms with Gasteiger partial charge in [-0.1, -0.05) is 53.7 Å². The molecule has 7 heteroatoms. The first-order valence-corrected chi connectivity index (χ1v) is 7.54. The predicted octanol–water partition coefficient (Wildman–Crippen LogP) is 2.87. The summed E-state index contributed by atoms with van der Waals surface area (Å²) in [6.45, 7) is 0. The van der Waals surface area contributed by atoms with Crippen molar-refractivity contribution in [2.75, 3.05) is 5.88 Å². The van der Waals surface area contributed by atoms with Crippen molar-refractivity contribution in [1.29, 1.82) is 0 Å². The second-order valence-corrected chi connectivity index (χ2v) is 6.09. The molecule has 1 aromatic carbocycles. The SMILES string of the molecule is NC(=O)NN1CSC(SCc2ccccc2)=C1Cl. The lowest BCUT2D eigenvalue weighted by Gasteiger charge is -2.16. The first-order chi connectivity index (χ1) is 8.66. The predicted molar refractivity (Wildman–Crippen MR) is 77.6 cm³/mol. The Balaban J connectivity index is 1.93. The van der Waals surface area contributed by atoms with Crippen LogP contribution in [0.25, 0.3) is 0 Å². The van der Waals surface area contributed by atoms with Gasteiger partial charge in [-0.25, -0.2) is 10.2 Å². The number of benzene rings is 1. The maximum atomic E-state index is 10.8. The summed E-state index contributed by atoms with van der Waals surface area (Å²) >= 11 is 9.39. The molecular weight excluding hydrogens is 290 g/mol. The van der Waals surface area contributed by atoms with Gasteiger partial charge in [-0.2, -0.15) is 0 Å². The van der Waals surface area contributed by atoms with Gasteiger partial charge in [0.25, 0.3) is 0 Å². The summed E-state index contributed by atoms with van der Waals surface area (Å²) in [6, 6.07) is 9.54. The third-order valence-corrected chi connectivity index (χ3v) is 5.29. The quantitative estimate of drug-likeness (QED) is 0.840. The van der Waals surface area contributed by atoms with Gasteiger partial charge < -0.3 is 5.73 Å². The number of carbonyl (C=O) groups excluding carboxylic acids is 1. The van der Waals surface area contributed by atoms with Crippen molar-refractivity contribution in [3.8, 4) is 0 Å². The van der Waals surface area contributed by atoms with E-state index >= 15 is 0 Å². The number of nitrogens with one attached hydrogen (secondary N) is 1. The van der Waals surface area contributed by atoms with Crippen LogP contribution in [0, 0.1) is 0 Å². The summed E-state index contributed by atoms with van der Waals surface area (Å²) in [5.74, 6) is 1.43. The smallest absolute Gasteiger partial charge is 0.331 e. The van der Waals surface area contributed by atoms with Gasteiger partial charge in [-0.15, -0.1) is 11.8 Å². The highest BCUT2D eigenvalue weighted by Gasteiger charge is 2.22. The van der Waals surface area contributed by atoms with Gasteiger partial charge in [0.2, 0.25) is 0 Å². The molecule has 1 heterocycles. The fourth-order valence-corrected chi connectivity index (χ4v) is 3.95. The lowest BCUT2D eigenvalue weighted by molar-refractivity contribution is 0.225. The number of urea groups is 1. The summed E-state index contributed by atoms with van der Waals surface area (Å²) in [6.07, 6.45) is 0. The molecule has 0 aliphatic carbocycles. The van der Waals surface area contributed by atoms with Crippen LogP contribution in [0.1, 0.15) is 5.56 Å². The van der Waals surface area contributed by atoms with E-state index in [1.54, 1.807) is 28.5 Å². The molecule has 2 rings (SSSR count). The van der Waals surface area contributed by atoms with Gasteiger partial charge >= 0.3 is 6.03 Å². The maximum absolute atomic E-state index is 10.8. The average molecular weight is 302 g/mol. The number of nitrogens with two attached hydrogens (primary N) is 1. The number of halogens is 1. The first-order valence-electron chi connectivity index (χ1n) is 5.20. The minimum atomic E-state index is -0.608. The molecule has 0 bridgehead atoms. The zero-order valence-corrected chi connectivity index (χ0v) is 11.8. The Morgan fingerprint density at radius 3 is 2.89 bits per heavy atom. The molecule has 1 aliphatic rings. The van der Waals surface area contributed by atoms with Gasteiger partial charge in [0, 0.05) is 5.75 Å². The molecule has 96 valence electrons. The van der Waals surface area contributed by atoms with E-state index in [1.807, 2.05) is 18.2 Å². The lowest BCUT2D eigenvalue weighted by atomic mass is 10.2. The van der Waals surface area contributed by atoms with Crippen molar-refractivity contribution in [2.24, 2.45) is 5.73 Å². The Morgan fingerprint density at radius 2 is 2.22 bits per heavy atom. The molecule has 1 aliphatic heterocycles. The van der Waals surface area contributed by atoms with Crippen molar-refractivity contribution >= 4 is 41.2 Å². The van der Waals surface area contributed by atoms with Crippen LogP contribution in [-0.4, -0.2) is 16.9 Å². The molecular formula is C11H12ClN3OS2. The van der Waals surface area contributed by atoms with E-state index in [2.05, 4.69) is 17.6 Å². The number of carbonyl (C=O) groups is 1. The van der Waals surface area contributed by atoms with E-state index in [0.717, 1.165) is 9.99 Å². The molecule has 0 saturated carbocycles. The minimum absolute atomic E-state index is 0.528. The topological polar surface area (TPSA) is 58.4 Å². The van der Waals surface area contributed by atoms with E-state index in [9.17, 15) is 4.79 Å². The molecule has 0 atom stereocenters. The van der Waals surface area contributed by atoms with Gasteiger partial charge in [0.15, 0.2) is 0 Å². The van der Waals surface area contributed by atoms with E-state index in [4.69, 9.17) is 17.3 Å². The minimum Gasteiger partial charge on any atom is -0.350 e. The molecule has 4 nitrogen and oxygen atoms in total. The molecule has 18 heavy (non-hydrogen) atoms. The van der Waals surface area contributed by atoms with Crippen molar-refractivity contribution in [3.63, 3.8) is 0 Å². The summed E-state index contributed by atoms with van der Waals surface area (Å²) in [5.41, 5.74) is 8.76. The zero-order valence-electron chi connectivity index (χ0n) is 9.43. The summed E-state index contributed by atoms with van der Waals surface area (Å²) in [7, 11) is 0. The van der Waals surface area contributed by atoms with Gasteiger partial charge in [0.05, 0.1) is 10.1 Å². The number of hydrogen-bond acceptors (Lipinski definition) is 4. The highest BCUT2D eigenvalue weighted by atomic mass is 35.5. The van der Waals surface area contributed by atoms with Crippen LogP contribution in [-0.2, 0) is 5.75 Å². The summed E-state index contributed by atoms with van der Waals surface area (Å²) in [5, 5.41) is 2.07. The Bertz CT molecular complexity index is 467. The molecule has 0 spiro atoms. The molecule has 0 saturated heterocycles. The number of amides is 2. The van der Waals surface area contributed by atoms with Crippen LogP contribution in [0.5, 0.6) is 0 Å². The highest BCUT2D eigenvalue weighted by molar-refractivity contribution is 8.22. The van der Waals surface area contributed by atoms with Crippen molar-refractivity contribution in [3.05, 3.63) is 45.3 Å². The molecule has 0 unspecified atom stereocenters. The standard InChI is InChI=1S/C11H12ClN3OS2/c12-9-10(18-7-15(9)14-11(13)16)17-6-8-4-2-1-3-5-8/h1-5H,6-7H2,(H3,13,14,16). The van der Waals surface area contributed by atoms with Gasteiger partial charge in [-0.05, 0) is 5.56 Å².